The molecule has 3 nitrogen and oxygen atoms in total. The van der Waals surface area contributed by atoms with Crippen molar-refractivity contribution < 1.29 is 14.9 Å². The lowest BCUT2D eigenvalue weighted by Crippen LogP contribution is -2.22. The van der Waals surface area contributed by atoms with E-state index in [0.29, 0.717) is 18.8 Å². The summed E-state index contributed by atoms with van der Waals surface area (Å²) in [5, 5.41) is 19.1. The highest BCUT2D eigenvalue weighted by Crippen LogP contribution is 2.24. The molecule has 1 aromatic carbocycles. The SMILES string of the molecule is C[C@@H](O)c1ccccc1OCCC(C)(C)O. The summed E-state index contributed by atoms with van der Waals surface area (Å²) in [6.45, 7) is 5.64. The Hall–Kier alpha value is -1.06. The van der Waals surface area contributed by atoms with Gasteiger partial charge in [-0.15, -0.1) is 0 Å². The first kappa shape index (κ1) is 13.0. The summed E-state index contributed by atoms with van der Waals surface area (Å²) in [5.74, 6) is 0.682. The summed E-state index contributed by atoms with van der Waals surface area (Å²) in [5.41, 5.74) is 0.0537. The van der Waals surface area contributed by atoms with Gasteiger partial charge in [-0.25, -0.2) is 0 Å². The minimum absolute atomic E-state index is 0.438. The molecule has 0 heterocycles. The average Bonchev–Trinajstić information content (AvgIpc) is 2.16. The topological polar surface area (TPSA) is 49.7 Å². The molecule has 0 radical (unpaired) electrons. The third-order valence-corrected chi connectivity index (χ3v) is 2.34. The first-order valence-corrected chi connectivity index (χ1v) is 5.52. The number of rotatable bonds is 5. The van der Waals surface area contributed by atoms with Crippen LogP contribution < -0.4 is 4.74 Å². The van der Waals surface area contributed by atoms with E-state index in [1.54, 1.807) is 20.8 Å². The van der Waals surface area contributed by atoms with Crippen LogP contribution in [0.3, 0.4) is 0 Å². The number of ether oxygens (including phenoxy) is 1. The zero-order valence-electron chi connectivity index (χ0n) is 10.1. The zero-order valence-corrected chi connectivity index (χ0v) is 10.1. The number of aliphatic hydroxyl groups excluding tert-OH is 1. The fourth-order valence-electron chi connectivity index (χ4n) is 1.37. The zero-order chi connectivity index (χ0) is 12.2. The van der Waals surface area contributed by atoms with Gasteiger partial charge in [0.05, 0.1) is 18.3 Å². The van der Waals surface area contributed by atoms with Crippen LogP contribution in [-0.4, -0.2) is 22.4 Å². The Kier molecular flexibility index (Phi) is 4.33. The summed E-state index contributed by atoms with van der Waals surface area (Å²) in [6, 6.07) is 7.40. The molecule has 0 fully saturated rings. The maximum Gasteiger partial charge on any atom is 0.125 e. The number of hydrogen-bond acceptors (Lipinski definition) is 3. The van der Waals surface area contributed by atoms with Gasteiger partial charge >= 0.3 is 0 Å². The molecular formula is C13H20O3. The van der Waals surface area contributed by atoms with Crippen LogP contribution >= 0.6 is 0 Å². The molecule has 0 amide bonds. The van der Waals surface area contributed by atoms with Crippen LogP contribution in [-0.2, 0) is 0 Å². The van der Waals surface area contributed by atoms with Gasteiger partial charge in [-0.2, -0.15) is 0 Å². The van der Waals surface area contributed by atoms with Crippen molar-refractivity contribution in [2.24, 2.45) is 0 Å². The molecule has 0 aliphatic carbocycles. The van der Waals surface area contributed by atoms with Crippen LogP contribution in [0.2, 0.25) is 0 Å². The van der Waals surface area contributed by atoms with E-state index in [4.69, 9.17) is 4.74 Å². The third kappa shape index (κ3) is 4.21. The van der Waals surface area contributed by atoms with Gasteiger partial charge in [0.15, 0.2) is 0 Å². The largest absolute Gasteiger partial charge is 0.493 e. The third-order valence-electron chi connectivity index (χ3n) is 2.34. The van der Waals surface area contributed by atoms with E-state index < -0.39 is 11.7 Å². The minimum atomic E-state index is -0.722. The summed E-state index contributed by atoms with van der Waals surface area (Å²) >= 11 is 0. The van der Waals surface area contributed by atoms with Crippen LogP contribution in [0.15, 0.2) is 24.3 Å². The van der Waals surface area contributed by atoms with Crippen molar-refractivity contribution in [2.75, 3.05) is 6.61 Å². The summed E-state index contributed by atoms with van der Waals surface area (Å²) < 4.78 is 5.55. The van der Waals surface area contributed by atoms with Gasteiger partial charge in [0.1, 0.15) is 5.75 Å². The molecule has 0 aromatic heterocycles. The van der Waals surface area contributed by atoms with Crippen LogP contribution in [0.5, 0.6) is 5.75 Å². The van der Waals surface area contributed by atoms with E-state index in [9.17, 15) is 10.2 Å². The molecular weight excluding hydrogens is 204 g/mol. The van der Waals surface area contributed by atoms with Crippen molar-refractivity contribution >= 4 is 0 Å². The monoisotopic (exact) mass is 224 g/mol. The lowest BCUT2D eigenvalue weighted by Gasteiger charge is -2.18. The predicted octanol–water partition coefficient (Wildman–Crippen LogP) is 2.28. The quantitative estimate of drug-likeness (QED) is 0.806. The Labute approximate surface area is 96.7 Å². The Morgan fingerprint density at radius 3 is 2.50 bits per heavy atom. The Bertz CT molecular complexity index is 326. The van der Waals surface area contributed by atoms with Gasteiger partial charge < -0.3 is 14.9 Å². The normalized spacial score (nSPS) is 13.6. The molecule has 1 rings (SSSR count). The predicted molar refractivity (Wildman–Crippen MR) is 63.5 cm³/mol. The molecule has 1 atom stereocenters. The van der Waals surface area contributed by atoms with Crippen molar-refractivity contribution in [2.45, 2.75) is 38.9 Å². The van der Waals surface area contributed by atoms with E-state index in [1.807, 2.05) is 24.3 Å². The second-order valence-electron chi connectivity index (χ2n) is 4.62. The number of benzene rings is 1. The van der Waals surface area contributed by atoms with Crippen molar-refractivity contribution in [1.29, 1.82) is 0 Å². The molecule has 0 spiro atoms. The fourth-order valence-corrected chi connectivity index (χ4v) is 1.37. The molecule has 0 aliphatic heterocycles. The van der Waals surface area contributed by atoms with Crippen LogP contribution in [0.1, 0.15) is 38.9 Å². The van der Waals surface area contributed by atoms with Crippen LogP contribution in [0.25, 0.3) is 0 Å². The van der Waals surface area contributed by atoms with E-state index >= 15 is 0 Å². The fraction of sp³-hybridized carbons (Fsp3) is 0.538. The molecule has 1 aromatic rings. The lowest BCUT2D eigenvalue weighted by molar-refractivity contribution is 0.0548. The summed E-state index contributed by atoms with van der Waals surface area (Å²) in [7, 11) is 0. The van der Waals surface area contributed by atoms with Gasteiger partial charge in [0.25, 0.3) is 0 Å². The van der Waals surface area contributed by atoms with Crippen molar-refractivity contribution in [1.82, 2.24) is 0 Å². The second kappa shape index (κ2) is 5.32. The first-order valence-electron chi connectivity index (χ1n) is 5.52. The van der Waals surface area contributed by atoms with Crippen molar-refractivity contribution in [3.63, 3.8) is 0 Å². The average molecular weight is 224 g/mol. The molecule has 3 heteroatoms. The van der Waals surface area contributed by atoms with Crippen LogP contribution in [0.4, 0.5) is 0 Å². The maximum atomic E-state index is 9.54. The van der Waals surface area contributed by atoms with Gasteiger partial charge in [-0.1, -0.05) is 18.2 Å². The molecule has 0 unspecified atom stereocenters. The highest BCUT2D eigenvalue weighted by Gasteiger charge is 2.13. The summed E-state index contributed by atoms with van der Waals surface area (Å²) in [4.78, 5) is 0. The highest BCUT2D eigenvalue weighted by molar-refractivity contribution is 5.34. The van der Waals surface area contributed by atoms with Crippen LogP contribution in [0, 0.1) is 0 Å². The first-order chi connectivity index (χ1) is 7.40. The van der Waals surface area contributed by atoms with E-state index in [0.717, 1.165) is 5.56 Å². The van der Waals surface area contributed by atoms with E-state index in [-0.39, 0.29) is 0 Å². The molecule has 90 valence electrons. The Morgan fingerprint density at radius 1 is 1.31 bits per heavy atom. The number of hydrogen-bond donors (Lipinski definition) is 2. The smallest absolute Gasteiger partial charge is 0.125 e. The Balaban J connectivity index is 2.60. The number of para-hydroxylation sites is 1. The van der Waals surface area contributed by atoms with Gasteiger partial charge in [-0.3, -0.25) is 0 Å². The van der Waals surface area contributed by atoms with Gasteiger partial charge in [0, 0.05) is 12.0 Å². The minimum Gasteiger partial charge on any atom is -0.493 e. The second-order valence-corrected chi connectivity index (χ2v) is 4.62. The lowest BCUT2D eigenvalue weighted by atomic mass is 10.1. The Morgan fingerprint density at radius 2 is 1.94 bits per heavy atom. The summed E-state index contributed by atoms with van der Waals surface area (Å²) in [6.07, 6.45) is 0.0135. The number of aliphatic hydroxyl groups is 2. The standard InChI is InChI=1S/C13H20O3/c1-10(14)11-6-4-5-7-12(11)16-9-8-13(2,3)15/h4-7,10,14-15H,8-9H2,1-3H3/t10-/m1/s1. The van der Waals surface area contributed by atoms with Crippen molar-refractivity contribution in [3.05, 3.63) is 29.8 Å². The molecule has 0 aliphatic rings. The molecule has 0 saturated heterocycles. The molecule has 0 saturated carbocycles. The molecule has 0 bridgehead atoms. The van der Waals surface area contributed by atoms with Gasteiger partial charge in [0.2, 0.25) is 0 Å². The highest BCUT2D eigenvalue weighted by atomic mass is 16.5. The van der Waals surface area contributed by atoms with Crippen molar-refractivity contribution in [3.8, 4) is 5.75 Å². The maximum absolute atomic E-state index is 9.54. The van der Waals surface area contributed by atoms with E-state index in [2.05, 4.69) is 0 Å². The molecule has 2 N–H and O–H groups in total. The van der Waals surface area contributed by atoms with Gasteiger partial charge in [-0.05, 0) is 26.8 Å². The van der Waals surface area contributed by atoms with E-state index in [1.165, 1.54) is 0 Å². The molecule has 16 heavy (non-hydrogen) atoms.